The Morgan fingerprint density at radius 1 is 1.08 bits per heavy atom. The second-order valence-electron chi connectivity index (χ2n) is 9.73. The molecule has 0 saturated heterocycles. The minimum absolute atomic E-state index is 0.0273. The third-order valence-electron chi connectivity index (χ3n) is 6.77. The average Bonchev–Trinajstić information content (AvgIpc) is 3.28. The van der Waals surface area contributed by atoms with Crippen molar-refractivity contribution in [1.82, 2.24) is 4.90 Å². The Morgan fingerprint density at radius 2 is 1.87 bits per heavy atom. The summed E-state index contributed by atoms with van der Waals surface area (Å²) >= 11 is 0. The fourth-order valence-corrected chi connectivity index (χ4v) is 4.56. The Kier molecular flexibility index (Phi) is 7.32. The average molecular weight is 524 g/mol. The fraction of sp³-hybridized carbons (Fsp3) is 0.233. The van der Waals surface area contributed by atoms with E-state index in [0.717, 1.165) is 28.9 Å². The normalized spacial score (nSPS) is 15.0. The third-order valence-corrected chi connectivity index (χ3v) is 6.77. The van der Waals surface area contributed by atoms with Gasteiger partial charge in [-0.15, -0.1) is 0 Å². The summed E-state index contributed by atoms with van der Waals surface area (Å²) < 4.78 is 0. The summed E-state index contributed by atoms with van der Waals surface area (Å²) in [7, 11) is 5.64. The van der Waals surface area contributed by atoms with Crippen LogP contribution in [0.25, 0.3) is 11.3 Å². The molecule has 0 atom stereocenters. The smallest absolute Gasteiger partial charge is 0.258 e. The summed E-state index contributed by atoms with van der Waals surface area (Å²) in [6.45, 7) is 1.16. The van der Waals surface area contributed by atoms with Crippen LogP contribution in [0.1, 0.15) is 28.7 Å². The van der Waals surface area contributed by atoms with Gasteiger partial charge in [-0.2, -0.15) is 10.1 Å². The van der Waals surface area contributed by atoms with E-state index >= 15 is 0 Å². The monoisotopic (exact) mass is 523 g/mol. The molecule has 0 saturated carbocycles. The molecule has 39 heavy (non-hydrogen) atoms. The van der Waals surface area contributed by atoms with E-state index in [9.17, 15) is 14.9 Å². The van der Waals surface area contributed by atoms with Crippen molar-refractivity contribution in [1.29, 1.82) is 5.26 Å². The molecule has 9 heteroatoms. The van der Waals surface area contributed by atoms with Crippen molar-refractivity contribution < 1.29 is 19.4 Å². The Balaban J connectivity index is 1.51. The molecule has 0 fully saturated rings. The second-order valence-corrected chi connectivity index (χ2v) is 9.73. The minimum atomic E-state index is -0.277. The maximum absolute atomic E-state index is 13.3. The SMILES string of the molecule is CN(C)CCC(=O)N(C)c1ccc(N/C(=C2\C(=O)Nc3cc(C#N)ccc32)c2ccc3c(c2)OOCC3)cc1. The van der Waals surface area contributed by atoms with Gasteiger partial charge >= 0.3 is 0 Å². The van der Waals surface area contributed by atoms with E-state index in [4.69, 9.17) is 9.78 Å². The van der Waals surface area contributed by atoms with E-state index in [1.54, 1.807) is 30.1 Å². The molecule has 2 aliphatic rings. The first-order valence-electron chi connectivity index (χ1n) is 12.7. The van der Waals surface area contributed by atoms with E-state index in [0.29, 0.717) is 53.4 Å². The van der Waals surface area contributed by atoms with Crippen LogP contribution in [0.3, 0.4) is 0 Å². The number of carbonyl (C=O) groups excluding carboxylic acids is 2. The molecule has 2 aliphatic heterocycles. The molecular formula is C30H29N5O4. The lowest BCUT2D eigenvalue weighted by Crippen LogP contribution is -2.29. The highest BCUT2D eigenvalue weighted by molar-refractivity contribution is 6.37. The van der Waals surface area contributed by atoms with E-state index in [2.05, 4.69) is 16.7 Å². The zero-order valence-electron chi connectivity index (χ0n) is 22.1. The predicted octanol–water partition coefficient (Wildman–Crippen LogP) is 4.27. The molecule has 3 aromatic carbocycles. The van der Waals surface area contributed by atoms with Crippen LogP contribution in [0, 0.1) is 11.3 Å². The molecule has 0 spiro atoms. The molecule has 9 nitrogen and oxygen atoms in total. The van der Waals surface area contributed by atoms with Crippen LogP contribution in [0.5, 0.6) is 5.75 Å². The van der Waals surface area contributed by atoms with Crippen LogP contribution in [0.15, 0.2) is 60.7 Å². The number of hydrogen-bond donors (Lipinski definition) is 2. The number of anilines is 3. The molecule has 2 N–H and O–H groups in total. The number of benzene rings is 3. The first-order valence-corrected chi connectivity index (χ1v) is 12.7. The zero-order chi connectivity index (χ0) is 27.5. The molecule has 2 heterocycles. The summed E-state index contributed by atoms with van der Waals surface area (Å²) in [6.07, 6.45) is 1.16. The molecular weight excluding hydrogens is 494 g/mol. The Bertz CT molecular complexity index is 1500. The predicted molar refractivity (Wildman–Crippen MR) is 150 cm³/mol. The standard InChI is InChI=1S/C30H29N5O4/c1-34(2)14-12-27(36)35(3)23-9-7-22(8-10-23)32-29(21-6-5-20-13-15-38-39-26(20)17-21)28-24-11-4-19(18-31)16-25(24)33-30(28)37/h4-11,16-17,32H,12-15H2,1-3H3,(H,33,37)/b29-28-. The van der Waals surface area contributed by atoms with Gasteiger partial charge < -0.3 is 25.3 Å². The van der Waals surface area contributed by atoms with E-state index in [1.165, 1.54) is 0 Å². The summed E-state index contributed by atoms with van der Waals surface area (Å²) in [5, 5.41) is 15.6. The second kappa shape index (κ2) is 11.0. The van der Waals surface area contributed by atoms with Crippen LogP contribution in [0.4, 0.5) is 17.1 Å². The van der Waals surface area contributed by atoms with Crippen molar-refractivity contribution >= 4 is 40.1 Å². The van der Waals surface area contributed by atoms with Gasteiger partial charge in [0.2, 0.25) is 5.91 Å². The summed E-state index contributed by atoms with van der Waals surface area (Å²) in [6, 6.07) is 20.5. The number of carbonyl (C=O) groups is 2. The molecule has 2 amide bonds. The quantitative estimate of drug-likeness (QED) is 0.352. The van der Waals surface area contributed by atoms with Crippen LogP contribution >= 0.6 is 0 Å². The van der Waals surface area contributed by atoms with Gasteiger partial charge in [0.15, 0.2) is 5.75 Å². The summed E-state index contributed by atoms with van der Waals surface area (Å²) in [5.74, 6) is 0.352. The van der Waals surface area contributed by atoms with Crippen LogP contribution in [0.2, 0.25) is 0 Å². The van der Waals surface area contributed by atoms with E-state index in [1.807, 2.05) is 61.5 Å². The number of nitrogens with zero attached hydrogens (tertiary/aromatic N) is 3. The van der Waals surface area contributed by atoms with Crippen molar-refractivity contribution in [2.75, 3.05) is 49.8 Å². The van der Waals surface area contributed by atoms with E-state index in [-0.39, 0.29) is 11.8 Å². The highest BCUT2D eigenvalue weighted by Gasteiger charge is 2.29. The maximum Gasteiger partial charge on any atom is 0.258 e. The summed E-state index contributed by atoms with van der Waals surface area (Å²) in [4.78, 5) is 40.1. The molecule has 0 unspecified atom stereocenters. The number of fused-ring (bicyclic) bond motifs is 2. The molecule has 198 valence electrons. The Labute approximate surface area is 227 Å². The number of amides is 2. The lowest BCUT2D eigenvalue weighted by Gasteiger charge is -2.21. The Morgan fingerprint density at radius 3 is 2.62 bits per heavy atom. The van der Waals surface area contributed by atoms with Gasteiger partial charge in [0, 0.05) is 54.5 Å². The van der Waals surface area contributed by atoms with Gasteiger partial charge in [0.1, 0.15) is 0 Å². The summed E-state index contributed by atoms with van der Waals surface area (Å²) in [5.41, 5.74) is 6.04. The lowest BCUT2D eigenvalue weighted by atomic mass is 9.97. The van der Waals surface area contributed by atoms with E-state index < -0.39 is 0 Å². The van der Waals surface area contributed by atoms with Gasteiger partial charge in [-0.25, -0.2) is 0 Å². The number of nitrogens with one attached hydrogen (secondary N) is 2. The van der Waals surface area contributed by atoms with Gasteiger partial charge in [0.05, 0.1) is 35.2 Å². The van der Waals surface area contributed by atoms with Crippen molar-refractivity contribution in [2.45, 2.75) is 12.8 Å². The van der Waals surface area contributed by atoms with Crippen LogP contribution < -0.4 is 20.4 Å². The molecule has 5 rings (SSSR count). The van der Waals surface area contributed by atoms with Crippen molar-refractivity contribution in [2.24, 2.45) is 0 Å². The van der Waals surface area contributed by atoms with Gasteiger partial charge in [0.25, 0.3) is 5.91 Å². The highest BCUT2D eigenvalue weighted by atomic mass is 17.2. The third kappa shape index (κ3) is 5.48. The van der Waals surface area contributed by atoms with Crippen molar-refractivity contribution in [3.8, 4) is 11.8 Å². The van der Waals surface area contributed by atoms with Gasteiger partial charge in [-0.05, 0) is 56.6 Å². The van der Waals surface area contributed by atoms with Gasteiger partial charge in [-0.3, -0.25) is 9.59 Å². The molecule has 0 bridgehead atoms. The minimum Gasteiger partial charge on any atom is -0.354 e. The molecule has 0 aliphatic carbocycles. The molecule has 3 aromatic rings. The molecule has 0 aromatic heterocycles. The molecule has 0 radical (unpaired) electrons. The Hall–Kier alpha value is -4.65. The van der Waals surface area contributed by atoms with Gasteiger partial charge in [-0.1, -0.05) is 18.2 Å². The first kappa shape index (κ1) is 26.0. The number of hydrogen-bond acceptors (Lipinski definition) is 7. The largest absolute Gasteiger partial charge is 0.354 e. The first-order chi connectivity index (χ1) is 18.8. The highest BCUT2D eigenvalue weighted by Crippen LogP contribution is 2.39. The number of rotatable bonds is 7. The zero-order valence-corrected chi connectivity index (χ0v) is 22.1. The van der Waals surface area contributed by atoms with Crippen molar-refractivity contribution in [3.05, 3.63) is 82.9 Å². The van der Waals surface area contributed by atoms with Crippen LogP contribution in [-0.4, -0.2) is 51.0 Å². The topological polar surface area (TPSA) is 107 Å². The number of nitriles is 1. The fourth-order valence-electron chi connectivity index (χ4n) is 4.56. The lowest BCUT2D eigenvalue weighted by molar-refractivity contribution is -0.215. The van der Waals surface area contributed by atoms with Crippen molar-refractivity contribution in [3.63, 3.8) is 0 Å². The van der Waals surface area contributed by atoms with Crippen LogP contribution in [-0.2, 0) is 20.9 Å². The maximum atomic E-state index is 13.3.